The van der Waals surface area contributed by atoms with Crippen molar-refractivity contribution in [3.05, 3.63) is 65.2 Å². The van der Waals surface area contributed by atoms with Crippen LogP contribution < -0.4 is 15.0 Å². The van der Waals surface area contributed by atoms with Gasteiger partial charge in [0.1, 0.15) is 17.9 Å². The van der Waals surface area contributed by atoms with Gasteiger partial charge in [-0.05, 0) is 24.6 Å². The van der Waals surface area contributed by atoms with E-state index >= 15 is 4.39 Å². The molecule has 220 valence electrons. The normalized spacial score (nSPS) is 17.5. The number of aromatic nitrogens is 3. The zero-order valence-electron chi connectivity index (χ0n) is 24.6. The highest BCUT2D eigenvalue weighted by atomic mass is 28.3. The largest absolute Gasteiger partial charge is 0.471 e. The smallest absolute Gasteiger partial charge is 0.254 e. The topological polar surface area (TPSA) is 114 Å². The summed E-state index contributed by atoms with van der Waals surface area (Å²) in [5.41, 5.74) is 9.19. The van der Waals surface area contributed by atoms with Crippen molar-refractivity contribution in [3.63, 3.8) is 0 Å². The fourth-order valence-electron chi connectivity index (χ4n) is 4.69. The van der Waals surface area contributed by atoms with Crippen LogP contribution in [-0.2, 0) is 22.7 Å². The van der Waals surface area contributed by atoms with Crippen LogP contribution in [0.4, 0.5) is 4.39 Å². The Morgan fingerprint density at radius 1 is 1.22 bits per heavy atom. The van der Waals surface area contributed by atoms with E-state index in [9.17, 15) is 9.59 Å². The number of H-pyrrole nitrogens is 1. The van der Waals surface area contributed by atoms with Gasteiger partial charge in [-0.3, -0.25) is 9.59 Å². The molecule has 0 bridgehead atoms. The van der Waals surface area contributed by atoms with Crippen molar-refractivity contribution in [1.29, 1.82) is 0 Å². The molecule has 1 saturated heterocycles. The molecule has 1 fully saturated rings. The molecule has 0 spiro atoms. The Labute approximate surface area is 241 Å². The molecule has 3 aromatic rings. The number of hydrogen-bond acceptors (Lipinski definition) is 5. The molecular weight excluding hydrogens is 541 g/mol. The number of carbonyl (C=O) groups is 2. The van der Waals surface area contributed by atoms with Crippen molar-refractivity contribution in [3.8, 4) is 17.1 Å². The number of piperidine rings is 1. The summed E-state index contributed by atoms with van der Waals surface area (Å²) in [6.45, 7) is 12.1. The molecule has 1 aliphatic rings. The number of halogens is 1. The van der Waals surface area contributed by atoms with Gasteiger partial charge in [0.15, 0.2) is 18.6 Å². The van der Waals surface area contributed by atoms with E-state index in [2.05, 4.69) is 29.6 Å². The molecule has 11 heteroatoms. The Morgan fingerprint density at radius 2 is 1.95 bits per heavy atom. The first kappa shape index (κ1) is 30.4. The minimum atomic E-state index is -1.43. The highest BCUT2D eigenvalue weighted by Gasteiger charge is 2.34. The molecule has 0 radical (unpaired) electrons. The second kappa shape index (κ2) is 12.9. The average molecular weight is 583 g/mol. The lowest BCUT2D eigenvalue weighted by molar-refractivity contribution is -0.727. The number of nitrogens with two attached hydrogens (primary N) is 1. The van der Waals surface area contributed by atoms with Gasteiger partial charge in [-0.1, -0.05) is 49.5 Å². The molecule has 0 aliphatic carbocycles. The maximum Gasteiger partial charge on any atom is 0.254 e. The quantitative estimate of drug-likeness (QED) is 0.202. The van der Waals surface area contributed by atoms with E-state index in [-0.39, 0.29) is 36.7 Å². The molecular formula is C30H41FN5O4Si+. The number of hydrogen-bond donors (Lipinski definition) is 2. The Kier molecular flexibility index (Phi) is 9.59. The van der Waals surface area contributed by atoms with Crippen LogP contribution in [-0.4, -0.2) is 66.7 Å². The standard InChI is InChI=1S/C30H40FN5O4Si/c1-20-6-8-22(9-7-20)14-28(37)35-11-10-27(25(31)18-35)40-30-24(29(32)38)15-23(16-34-30)26-17-33-21(2)36(26)19-39-12-13-41(3,4)5/h6-9,15-17,25,27H,10-14,18-19H2,1-5H3,(H2,32,38)/p+1/t25-,27+/m1/s1. The molecule has 9 nitrogen and oxygen atoms in total. The Morgan fingerprint density at radius 3 is 2.61 bits per heavy atom. The second-order valence-corrected chi connectivity index (χ2v) is 17.6. The first-order valence-electron chi connectivity index (χ1n) is 14.0. The molecule has 0 saturated carbocycles. The molecule has 1 aliphatic heterocycles. The maximum absolute atomic E-state index is 15.2. The van der Waals surface area contributed by atoms with Crippen molar-refractivity contribution >= 4 is 19.9 Å². The van der Waals surface area contributed by atoms with Crippen molar-refractivity contribution < 1.29 is 28.0 Å². The minimum absolute atomic E-state index is 0.0153. The number of likely N-dealkylation sites (tertiary alicyclic amines) is 1. The van der Waals surface area contributed by atoms with Gasteiger partial charge in [-0.2, -0.15) is 0 Å². The molecule has 3 N–H and O–H groups in total. The first-order chi connectivity index (χ1) is 19.4. The number of nitrogens with zero attached hydrogens (tertiary/aromatic N) is 3. The van der Waals surface area contributed by atoms with Gasteiger partial charge in [0, 0.05) is 46.3 Å². The van der Waals surface area contributed by atoms with E-state index in [0.717, 1.165) is 28.7 Å². The fourth-order valence-corrected chi connectivity index (χ4v) is 5.45. The lowest BCUT2D eigenvalue weighted by atomic mass is 10.0. The molecule has 1 aromatic carbocycles. The second-order valence-electron chi connectivity index (χ2n) is 11.9. The van der Waals surface area contributed by atoms with Crippen molar-refractivity contribution in [2.24, 2.45) is 5.73 Å². The summed E-state index contributed by atoms with van der Waals surface area (Å²) in [4.78, 5) is 34.2. The lowest BCUT2D eigenvalue weighted by Crippen LogP contribution is -2.49. The zero-order valence-corrected chi connectivity index (χ0v) is 25.6. The monoisotopic (exact) mass is 582 g/mol. The van der Waals surface area contributed by atoms with Crippen LogP contribution in [0.2, 0.25) is 25.7 Å². The average Bonchev–Trinajstić information content (AvgIpc) is 3.28. The lowest BCUT2D eigenvalue weighted by Gasteiger charge is -2.34. The number of nitrogens with one attached hydrogen (secondary N) is 1. The van der Waals surface area contributed by atoms with Crippen LogP contribution in [0.5, 0.6) is 5.88 Å². The number of primary amides is 1. The number of carbonyl (C=O) groups excluding carboxylic acids is 2. The number of aryl methyl sites for hydroxylation is 2. The van der Waals surface area contributed by atoms with Crippen molar-refractivity contribution in [2.45, 2.75) is 71.4 Å². The number of amides is 2. The van der Waals surface area contributed by atoms with E-state index in [1.165, 1.54) is 4.90 Å². The van der Waals surface area contributed by atoms with Gasteiger partial charge in [0.2, 0.25) is 11.8 Å². The zero-order chi connectivity index (χ0) is 29.7. The molecule has 41 heavy (non-hydrogen) atoms. The van der Waals surface area contributed by atoms with Crippen LogP contribution in [0.3, 0.4) is 0 Å². The third kappa shape index (κ3) is 8.01. The SMILES string of the molecule is Cc1ccc(CC(=O)N2CC[C@H](Oc3ncc(-c4c[nH]c(C)[n+]4COCC[Si](C)(C)C)cc3C(N)=O)[C@H](F)C2)cc1. The molecule has 2 amide bonds. The van der Waals surface area contributed by atoms with Gasteiger partial charge >= 0.3 is 0 Å². The number of alkyl halides is 1. The van der Waals surface area contributed by atoms with Crippen molar-refractivity contribution in [2.75, 3.05) is 19.7 Å². The Bertz CT molecular complexity index is 1370. The van der Waals surface area contributed by atoms with E-state index < -0.39 is 26.3 Å². The molecule has 3 heterocycles. The number of pyridine rings is 1. The fraction of sp³-hybridized carbons (Fsp3) is 0.467. The van der Waals surface area contributed by atoms with E-state index in [4.69, 9.17) is 15.2 Å². The summed E-state index contributed by atoms with van der Waals surface area (Å²) < 4.78 is 29.0. The van der Waals surface area contributed by atoms with Crippen LogP contribution >= 0.6 is 0 Å². The van der Waals surface area contributed by atoms with E-state index in [0.29, 0.717) is 25.4 Å². The van der Waals surface area contributed by atoms with Crippen LogP contribution in [0, 0.1) is 13.8 Å². The van der Waals surface area contributed by atoms with Gasteiger partial charge < -0.3 is 20.1 Å². The first-order valence-corrected chi connectivity index (χ1v) is 17.7. The highest BCUT2D eigenvalue weighted by Crippen LogP contribution is 2.27. The molecule has 0 unspecified atom stereocenters. The number of benzene rings is 1. The highest BCUT2D eigenvalue weighted by molar-refractivity contribution is 6.76. The van der Waals surface area contributed by atoms with Crippen LogP contribution in [0.25, 0.3) is 11.3 Å². The van der Waals surface area contributed by atoms with Gasteiger partial charge in [-0.15, -0.1) is 0 Å². The van der Waals surface area contributed by atoms with E-state index in [1.54, 1.807) is 12.3 Å². The van der Waals surface area contributed by atoms with Gasteiger partial charge in [-0.25, -0.2) is 18.9 Å². The Balaban J connectivity index is 1.42. The summed E-state index contributed by atoms with van der Waals surface area (Å²) in [7, 11) is -1.21. The summed E-state index contributed by atoms with van der Waals surface area (Å²) in [5.74, 6) is 0.0203. The number of imidazole rings is 1. The molecule has 2 aromatic heterocycles. The molecule has 4 rings (SSSR count). The summed E-state index contributed by atoms with van der Waals surface area (Å²) in [6.07, 6.45) is 1.60. The van der Waals surface area contributed by atoms with E-state index in [1.807, 2.05) is 48.9 Å². The number of rotatable bonds is 11. The van der Waals surface area contributed by atoms with Crippen LogP contribution in [0.15, 0.2) is 42.7 Å². The number of ether oxygens (including phenoxy) is 2. The van der Waals surface area contributed by atoms with Gasteiger partial charge in [0.05, 0.1) is 13.0 Å². The predicted molar refractivity (Wildman–Crippen MR) is 157 cm³/mol. The maximum atomic E-state index is 15.2. The predicted octanol–water partition coefficient (Wildman–Crippen LogP) is 3.95. The Hall–Kier alpha value is -3.57. The summed E-state index contributed by atoms with van der Waals surface area (Å²) >= 11 is 0. The molecule has 2 atom stereocenters. The summed E-state index contributed by atoms with van der Waals surface area (Å²) in [6, 6.07) is 10.4. The summed E-state index contributed by atoms with van der Waals surface area (Å²) in [5, 5.41) is 0. The van der Waals surface area contributed by atoms with Crippen molar-refractivity contribution in [1.82, 2.24) is 14.9 Å². The minimum Gasteiger partial charge on any atom is -0.471 e. The third-order valence-corrected chi connectivity index (χ3v) is 9.02. The third-order valence-electron chi connectivity index (χ3n) is 7.32. The van der Waals surface area contributed by atoms with Gasteiger partial charge in [0.25, 0.3) is 11.7 Å². The van der Waals surface area contributed by atoms with Crippen LogP contribution in [0.1, 0.15) is 33.7 Å². The number of aromatic amines is 1.